The number of carbonyl (C=O) groups excluding carboxylic acids is 1. The molecule has 16 heteroatoms. The Labute approximate surface area is 275 Å². The van der Waals surface area contributed by atoms with Gasteiger partial charge in [0.25, 0.3) is 0 Å². The number of rotatable bonds is 16. The number of benzene rings is 1. The maximum Gasteiger partial charge on any atom is 0.737 e. The van der Waals surface area contributed by atoms with E-state index in [1.807, 2.05) is 13.8 Å². The second-order valence-electron chi connectivity index (χ2n) is 12.1. The average Bonchev–Trinajstić information content (AvgIpc) is 3.71. The molecule has 1 aromatic carbocycles. The van der Waals surface area contributed by atoms with E-state index in [0.29, 0.717) is 41.2 Å². The van der Waals surface area contributed by atoms with Gasteiger partial charge in [-0.25, -0.2) is 0 Å². The number of aliphatic hydroxyl groups is 1. The Morgan fingerprint density at radius 1 is 1.04 bits per heavy atom. The summed E-state index contributed by atoms with van der Waals surface area (Å²) in [6, 6.07) is 5.51. The Hall–Kier alpha value is -3.89. The second kappa shape index (κ2) is 13.9. The van der Waals surface area contributed by atoms with Gasteiger partial charge in [-0.15, -0.1) is 10.2 Å². The van der Waals surface area contributed by atoms with Gasteiger partial charge in [0.15, 0.2) is 5.70 Å². The molecule has 1 aromatic heterocycles. The minimum atomic E-state index is -4.67. The molecule has 48 heavy (non-hydrogen) atoms. The van der Waals surface area contributed by atoms with Gasteiger partial charge in [0.1, 0.15) is 18.1 Å². The fourth-order valence-corrected chi connectivity index (χ4v) is 6.46. The van der Waals surface area contributed by atoms with Crippen molar-refractivity contribution < 1.29 is 50.4 Å². The number of allylic oxidation sites excluding steroid dienone is 3. The lowest BCUT2D eigenvalue weighted by Gasteiger charge is -2.34. The fourth-order valence-electron chi connectivity index (χ4n) is 6.46. The van der Waals surface area contributed by atoms with Gasteiger partial charge in [-0.1, -0.05) is 12.1 Å². The summed E-state index contributed by atoms with van der Waals surface area (Å²) in [5.74, 6) is -0.0770. The van der Waals surface area contributed by atoms with E-state index in [9.17, 15) is 23.1 Å². The van der Waals surface area contributed by atoms with Crippen molar-refractivity contribution in [3.63, 3.8) is 0 Å². The van der Waals surface area contributed by atoms with Crippen molar-refractivity contribution >= 4 is 24.2 Å². The summed E-state index contributed by atoms with van der Waals surface area (Å²) in [5, 5.41) is 18.7. The van der Waals surface area contributed by atoms with E-state index < -0.39 is 25.4 Å². The van der Waals surface area contributed by atoms with E-state index in [0.717, 1.165) is 25.7 Å². The molecule has 260 valence electrons. The highest BCUT2D eigenvalue weighted by molar-refractivity contribution is 6.58. The fraction of sp³-hybridized carbons (Fsp3) is 0.500. The summed E-state index contributed by atoms with van der Waals surface area (Å²) in [6.45, 7) is 3.77. The number of nitrogens with zero attached hydrogens (tertiary/aromatic N) is 4. The Morgan fingerprint density at radius 3 is 2.40 bits per heavy atom. The Kier molecular flexibility index (Phi) is 10.3. The number of aryl methyl sites for hydroxylation is 2. The van der Waals surface area contributed by atoms with Gasteiger partial charge < -0.3 is 42.2 Å². The Morgan fingerprint density at radius 2 is 1.73 bits per heavy atom. The van der Waals surface area contributed by atoms with Gasteiger partial charge in [-0.05, 0) is 57.0 Å². The molecular weight excluding hydrogens is 640 g/mol. The number of hydrogen-bond donors (Lipinski definition) is 2. The predicted octanol–water partition coefficient (Wildman–Crippen LogP) is 5.56. The normalized spacial score (nSPS) is 17.4. The van der Waals surface area contributed by atoms with E-state index in [1.54, 1.807) is 26.0 Å². The molecule has 0 saturated heterocycles. The van der Waals surface area contributed by atoms with E-state index in [1.165, 1.54) is 18.2 Å². The van der Waals surface area contributed by atoms with Gasteiger partial charge >= 0.3 is 18.8 Å². The lowest BCUT2D eigenvalue weighted by molar-refractivity contribution is -0.363. The van der Waals surface area contributed by atoms with Gasteiger partial charge in [-0.3, -0.25) is 4.79 Å². The molecule has 0 spiro atoms. The van der Waals surface area contributed by atoms with Crippen LogP contribution in [0.15, 0.2) is 51.8 Å². The monoisotopic (exact) mass is 679 g/mol. The number of aliphatic hydroxyl groups excluding tert-OH is 1. The van der Waals surface area contributed by atoms with Crippen LogP contribution in [-0.4, -0.2) is 78.4 Å². The first-order chi connectivity index (χ1) is 22.7. The van der Waals surface area contributed by atoms with Crippen molar-refractivity contribution in [2.45, 2.75) is 65.4 Å². The zero-order valence-corrected chi connectivity index (χ0v) is 27.3. The summed E-state index contributed by atoms with van der Waals surface area (Å²) in [4.78, 5) is 12.5. The first-order valence-electron chi connectivity index (χ1n) is 15.8. The summed E-state index contributed by atoms with van der Waals surface area (Å²) in [5.41, 5.74) is 2.03. The third-order valence-electron chi connectivity index (χ3n) is 8.62. The van der Waals surface area contributed by atoms with E-state index in [4.69, 9.17) is 14.2 Å². The number of alkyl halides is 3. The third-order valence-corrected chi connectivity index (χ3v) is 8.62. The topological polar surface area (TPSA) is 110 Å². The molecule has 0 aliphatic carbocycles. The van der Waals surface area contributed by atoms with Gasteiger partial charge in [0, 0.05) is 53.9 Å². The van der Waals surface area contributed by atoms with Crippen LogP contribution < -0.4 is 10.1 Å². The highest BCUT2D eigenvalue weighted by atomic mass is 19.4. The van der Waals surface area contributed by atoms with Crippen LogP contribution in [0.5, 0.6) is 5.75 Å². The van der Waals surface area contributed by atoms with Crippen LogP contribution >= 0.6 is 0 Å². The number of ether oxygens (including phenoxy) is 3. The van der Waals surface area contributed by atoms with Crippen LogP contribution in [0.25, 0.3) is 5.57 Å². The molecule has 0 radical (unpaired) electrons. The van der Waals surface area contributed by atoms with Gasteiger partial charge in [0.2, 0.25) is 5.91 Å². The van der Waals surface area contributed by atoms with E-state index in [-0.39, 0.29) is 63.2 Å². The molecule has 0 atom stereocenters. The van der Waals surface area contributed by atoms with Crippen molar-refractivity contribution in [2.75, 3.05) is 39.6 Å². The second-order valence-corrected chi connectivity index (χ2v) is 12.1. The van der Waals surface area contributed by atoms with Crippen LogP contribution in [0, 0.1) is 13.8 Å². The molecule has 5 rings (SSSR count). The highest BCUT2D eigenvalue weighted by Crippen LogP contribution is 2.53. The zero-order valence-electron chi connectivity index (χ0n) is 27.3. The maximum absolute atomic E-state index is 15.7. The summed E-state index contributed by atoms with van der Waals surface area (Å²) in [6.07, 6.45) is -1.70. The summed E-state index contributed by atoms with van der Waals surface area (Å²) in [7, 11) is 0. The van der Waals surface area contributed by atoms with Crippen LogP contribution in [0.1, 0.15) is 61.2 Å². The average molecular weight is 679 g/mol. The van der Waals surface area contributed by atoms with E-state index in [2.05, 4.69) is 15.5 Å². The molecule has 2 aromatic rings. The molecule has 3 aliphatic rings. The molecule has 0 bridgehead atoms. The first-order valence-corrected chi connectivity index (χ1v) is 15.8. The van der Waals surface area contributed by atoms with Crippen LogP contribution in [-0.2, 0) is 26.5 Å². The minimum absolute atomic E-state index is 0.0261. The number of hydrogen-bond acceptors (Lipinski definition) is 7. The van der Waals surface area contributed by atoms with Crippen molar-refractivity contribution in [2.24, 2.45) is 10.2 Å². The van der Waals surface area contributed by atoms with Crippen molar-refractivity contribution in [3.05, 3.63) is 69.7 Å². The number of halogens is 5. The lowest BCUT2D eigenvalue weighted by Crippen LogP contribution is -2.51. The van der Waals surface area contributed by atoms with E-state index >= 15 is 8.63 Å². The Balaban J connectivity index is 0.988. The molecule has 0 unspecified atom stereocenters. The quantitative estimate of drug-likeness (QED) is 0.137. The number of carbonyl (C=O) groups is 1. The first kappa shape index (κ1) is 35.4. The van der Waals surface area contributed by atoms with Gasteiger partial charge in [-0.2, -0.15) is 13.2 Å². The molecule has 4 heterocycles. The minimum Gasteiger partial charge on any atom is -0.491 e. The van der Waals surface area contributed by atoms with Crippen LogP contribution in [0.4, 0.5) is 21.8 Å². The molecule has 1 amide bonds. The molecule has 2 N–H and O–H groups in total. The highest BCUT2D eigenvalue weighted by Gasteiger charge is 2.65. The summed E-state index contributed by atoms with van der Waals surface area (Å²) < 4.78 is 90.1. The largest absolute Gasteiger partial charge is 0.737 e. The molecular formula is C32H39BF5N5O5. The predicted molar refractivity (Wildman–Crippen MR) is 168 cm³/mol. The lowest BCUT2D eigenvalue weighted by atomic mass is 9.84. The number of nitrogens with one attached hydrogen (secondary N) is 1. The zero-order chi connectivity index (χ0) is 34.9. The van der Waals surface area contributed by atoms with Gasteiger partial charge in [0.05, 0.1) is 33.0 Å². The SMILES string of the molecule is CC1=CC(C)=[N+]2C1=C(CCCC(=O)NCCOCCOCCOc1cc(C3(C(F)(F)F)N=N3)ccc1CO)c1c(C)cc(C)n1[B-]2(F)F. The standard InChI is InChI=1S/C32H39BF5N5O5/c1-20-16-22(3)42-29(20)26(30-21(2)17-23(4)43(30)33(42,37)38)6-5-7-28(45)39-10-11-46-12-13-47-14-15-48-27-18-25(9-8-24(27)19-44)31(40-41-31)32(34,35)36/h8-9,16-18,44H,5-7,10-15,19H2,1-4H3,(H,39,45). The number of fused-ring (bicyclic) bond motifs is 2. The summed E-state index contributed by atoms with van der Waals surface area (Å²) >= 11 is 0. The van der Waals surface area contributed by atoms with Crippen molar-refractivity contribution in [1.82, 2.24) is 9.79 Å². The Bertz CT molecular complexity index is 1690. The van der Waals surface area contributed by atoms with Crippen molar-refractivity contribution in [1.29, 1.82) is 0 Å². The molecule has 0 fully saturated rings. The van der Waals surface area contributed by atoms with Crippen molar-refractivity contribution in [3.8, 4) is 5.75 Å². The maximum atomic E-state index is 15.7. The number of amides is 1. The smallest absolute Gasteiger partial charge is 0.491 e. The molecule has 3 aliphatic heterocycles. The molecule has 0 saturated carbocycles. The molecule has 10 nitrogen and oxygen atoms in total. The third kappa shape index (κ3) is 6.83. The van der Waals surface area contributed by atoms with Crippen LogP contribution in [0.2, 0.25) is 0 Å². The number of aromatic nitrogens is 1. The van der Waals surface area contributed by atoms with Crippen LogP contribution in [0.3, 0.4) is 0 Å².